The van der Waals surface area contributed by atoms with Crippen molar-refractivity contribution in [2.24, 2.45) is 5.92 Å². The van der Waals surface area contributed by atoms with E-state index < -0.39 is 0 Å². The summed E-state index contributed by atoms with van der Waals surface area (Å²) in [5.74, 6) is 1.08. The van der Waals surface area contributed by atoms with Crippen molar-refractivity contribution in [1.82, 2.24) is 0 Å². The van der Waals surface area contributed by atoms with Crippen molar-refractivity contribution < 1.29 is 42.4 Å². The Morgan fingerprint density at radius 1 is 1.09 bits per heavy atom. The Morgan fingerprint density at radius 2 is 1.82 bits per heavy atom. The summed E-state index contributed by atoms with van der Waals surface area (Å²) in [6.45, 7) is 2.49. The first-order chi connectivity index (χ1) is 5.29. The van der Waals surface area contributed by atoms with Crippen LogP contribution in [0.25, 0.3) is 0 Å². The van der Waals surface area contributed by atoms with E-state index in [2.05, 4.69) is 16.8 Å². The van der Waals surface area contributed by atoms with E-state index in [-0.39, 0.29) is 0 Å². The fourth-order valence-electron chi connectivity index (χ4n) is 1.89. The summed E-state index contributed by atoms with van der Waals surface area (Å²) < 4.78 is 2.40. The predicted molar refractivity (Wildman–Crippen MR) is 42.4 cm³/mol. The molecule has 70 valence electrons. The quantitative estimate of drug-likeness (QED) is 0.339. The number of halogens is 2. The van der Waals surface area contributed by atoms with Crippen molar-refractivity contribution in [1.29, 1.82) is 0 Å². The Hall–Kier alpha value is 1.46. The summed E-state index contributed by atoms with van der Waals surface area (Å²) >= 11 is 1.07. The molecule has 1 rings (SSSR count). The van der Waals surface area contributed by atoms with E-state index in [4.69, 9.17) is 0 Å². The molecule has 1 saturated carbocycles. The first-order valence-electron chi connectivity index (χ1n) is 4.25. The van der Waals surface area contributed by atoms with Crippen molar-refractivity contribution in [2.45, 2.75) is 34.0 Å². The third kappa shape index (κ3) is 2.71. The van der Waals surface area contributed by atoms with Gasteiger partial charge in [0.2, 0.25) is 0 Å². The van der Waals surface area contributed by atoms with Crippen LogP contribution >= 0.6 is 0 Å². The van der Waals surface area contributed by atoms with Gasteiger partial charge in [0.15, 0.2) is 0 Å². The molecule has 2 unspecified atom stereocenters. The zero-order chi connectivity index (χ0) is 8.27. The summed E-state index contributed by atoms with van der Waals surface area (Å²) in [5, 5.41) is 0. The van der Waals surface area contributed by atoms with Crippen molar-refractivity contribution in [3.05, 3.63) is 0 Å². The molecule has 0 bridgehead atoms. The fraction of sp³-hybridized carbons (Fsp3) is 1.00. The molecule has 0 aromatic heterocycles. The van der Waals surface area contributed by atoms with Crippen LogP contribution < -0.4 is 42.4 Å². The molecule has 11 heavy (non-hydrogen) atoms. The average molecular weight is 380 g/mol. The van der Waals surface area contributed by atoms with E-state index in [0.29, 0.717) is 42.4 Å². The molecule has 0 radical (unpaired) electrons. The van der Waals surface area contributed by atoms with Crippen LogP contribution in [0.3, 0.4) is 0 Å². The van der Waals surface area contributed by atoms with Crippen LogP contribution in [0, 0.1) is 5.92 Å². The molecule has 0 saturated heterocycles. The summed E-state index contributed by atoms with van der Waals surface area (Å²) in [6.07, 6.45) is 4.63. The summed E-state index contributed by atoms with van der Waals surface area (Å²) in [5.41, 5.74) is 0. The van der Waals surface area contributed by atoms with E-state index >= 15 is 0 Å². The van der Waals surface area contributed by atoms with E-state index in [9.17, 15) is 0 Å². The molecule has 1 aliphatic rings. The minimum absolute atomic E-state index is 0.527. The SMILES string of the molecule is C[I-]C1CCC[C@H](C)C1[I-]C. The Labute approximate surface area is 91.4 Å². The first kappa shape index (κ1) is 10.5. The van der Waals surface area contributed by atoms with Crippen LogP contribution in [0.1, 0.15) is 26.2 Å². The molecule has 0 aromatic carbocycles. The van der Waals surface area contributed by atoms with Gasteiger partial charge in [-0.25, -0.2) is 0 Å². The van der Waals surface area contributed by atoms with Gasteiger partial charge < -0.3 is 0 Å². The third-order valence-corrected chi connectivity index (χ3v) is 10.5. The van der Waals surface area contributed by atoms with Gasteiger partial charge in [0.05, 0.1) is 0 Å². The van der Waals surface area contributed by atoms with Gasteiger partial charge in [-0.05, 0) is 0 Å². The summed E-state index contributed by atoms with van der Waals surface area (Å²) in [4.78, 5) is 4.96. The number of alkyl halides is 4. The Kier molecular flexibility index (Phi) is 5.03. The van der Waals surface area contributed by atoms with Gasteiger partial charge in [0.25, 0.3) is 0 Å². The number of hydrogen-bond acceptors (Lipinski definition) is 0. The maximum absolute atomic E-state index is 2.49. The molecule has 0 N–H and O–H groups in total. The van der Waals surface area contributed by atoms with Crippen molar-refractivity contribution in [2.75, 3.05) is 9.86 Å². The Balaban J connectivity index is 2.48. The molecule has 3 atom stereocenters. The van der Waals surface area contributed by atoms with Gasteiger partial charge in [0.1, 0.15) is 0 Å². The molecule has 0 amide bonds. The van der Waals surface area contributed by atoms with Gasteiger partial charge in [-0.1, -0.05) is 0 Å². The Morgan fingerprint density at radius 3 is 2.27 bits per heavy atom. The standard InChI is InChI=1S/C9H18I2/c1-7-5-4-6-8(10-2)9(7)11-3/h7-9H,4-6H2,1-3H3/q-2/t7-,8?,9?/m0/s1. The van der Waals surface area contributed by atoms with Gasteiger partial charge in [-0.2, -0.15) is 0 Å². The van der Waals surface area contributed by atoms with Crippen LogP contribution in [-0.4, -0.2) is 17.7 Å². The molecular weight excluding hydrogens is 362 g/mol. The van der Waals surface area contributed by atoms with E-state index in [1.165, 1.54) is 20.7 Å². The normalized spacial score (nSPS) is 39.7. The van der Waals surface area contributed by atoms with E-state index in [1.54, 1.807) is 6.42 Å². The first-order valence-corrected chi connectivity index (χ1v) is 11.1. The summed E-state index contributed by atoms with van der Waals surface area (Å²) in [7, 11) is 0. The minimum atomic E-state index is 0.527. The van der Waals surface area contributed by atoms with Gasteiger partial charge in [-0.3, -0.25) is 0 Å². The van der Waals surface area contributed by atoms with Crippen LogP contribution in [0.15, 0.2) is 0 Å². The number of hydrogen-bond donors (Lipinski definition) is 0. The number of rotatable bonds is 2. The molecule has 0 heterocycles. The fourth-order valence-corrected chi connectivity index (χ4v) is 10.7. The zero-order valence-corrected chi connectivity index (χ0v) is 11.9. The van der Waals surface area contributed by atoms with Crippen LogP contribution in [0.2, 0.25) is 0 Å². The second-order valence-electron chi connectivity index (χ2n) is 3.31. The maximum atomic E-state index is 2.49. The molecule has 0 nitrogen and oxygen atoms in total. The van der Waals surface area contributed by atoms with Gasteiger partial charge >= 0.3 is 92.2 Å². The van der Waals surface area contributed by atoms with Crippen LogP contribution in [-0.2, 0) is 0 Å². The molecule has 1 fully saturated rings. The van der Waals surface area contributed by atoms with E-state index in [0.717, 1.165) is 5.92 Å². The Bertz CT molecular complexity index is 114. The van der Waals surface area contributed by atoms with E-state index in [1.807, 2.05) is 0 Å². The summed E-state index contributed by atoms with van der Waals surface area (Å²) in [6, 6.07) is 0. The molecule has 1 aliphatic carbocycles. The molecular formula is C9H18I2-2. The second-order valence-corrected chi connectivity index (χ2v) is 8.83. The molecule has 0 aliphatic heterocycles. The topological polar surface area (TPSA) is 0 Å². The molecule has 2 heteroatoms. The van der Waals surface area contributed by atoms with Crippen molar-refractivity contribution >= 4 is 0 Å². The second kappa shape index (κ2) is 5.25. The monoisotopic (exact) mass is 380 g/mol. The third-order valence-electron chi connectivity index (χ3n) is 2.56. The zero-order valence-electron chi connectivity index (χ0n) is 7.61. The predicted octanol–water partition coefficient (Wildman–Crippen LogP) is -4.02. The van der Waals surface area contributed by atoms with Crippen molar-refractivity contribution in [3.8, 4) is 0 Å². The van der Waals surface area contributed by atoms with Crippen LogP contribution in [0.4, 0.5) is 0 Å². The van der Waals surface area contributed by atoms with Gasteiger partial charge in [0, 0.05) is 0 Å². The molecule has 0 aromatic rings. The van der Waals surface area contributed by atoms with Crippen molar-refractivity contribution in [3.63, 3.8) is 0 Å². The average Bonchev–Trinajstić information content (AvgIpc) is 2.04. The van der Waals surface area contributed by atoms with Crippen LogP contribution in [0.5, 0.6) is 0 Å². The molecule has 0 spiro atoms. The van der Waals surface area contributed by atoms with Gasteiger partial charge in [-0.15, -0.1) is 0 Å².